The van der Waals surface area contributed by atoms with E-state index < -0.39 is 5.75 Å². The van der Waals surface area contributed by atoms with Crippen molar-refractivity contribution in [2.24, 2.45) is 0 Å². The molecule has 1 aliphatic rings. The van der Waals surface area contributed by atoms with E-state index >= 15 is 0 Å². The number of hydrogen-bond acceptors (Lipinski definition) is 4. The third kappa shape index (κ3) is 3.02. The molecule has 1 atom stereocenters. The number of furan rings is 1. The van der Waals surface area contributed by atoms with Gasteiger partial charge in [0.05, 0.1) is 10.9 Å². The Labute approximate surface area is 229 Å². The van der Waals surface area contributed by atoms with Crippen LogP contribution in [-0.2, 0) is 0 Å². The summed E-state index contributed by atoms with van der Waals surface area (Å²) in [5.41, 5.74) is 5.16. The van der Waals surface area contributed by atoms with E-state index in [9.17, 15) is 15.3 Å². The van der Waals surface area contributed by atoms with Crippen LogP contribution in [0, 0.1) is 0 Å². The molecule has 0 amide bonds. The van der Waals surface area contributed by atoms with Gasteiger partial charge in [0.2, 0.25) is 5.75 Å². The molecule has 4 heteroatoms. The van der Waals surface area contributed by atoms with Gasteiger partial charge in [-0.25, -0.2) is 0 Å². The predicted molar refractivity (Wildman–Crippen MR) is 161 cm³/mol. The molecule has 1 heterocycles. The molecule has 8 rings (SSSR count). The summed E-state index contributed by atoms with van der Waals surface area (Å²) in [6.07, 6.45) is 5.29. The van der Waals surface area contributed by atoms with Gasteiger partial charge in [0, 0.05) is 16.9 Å². The molecule has 192 valence electrons. The summed E-state index contributed by atoms with van der Waals surface area (Å²) in [7, 11) is 0. The fourth-order valence-corrected chi connectivity index (χ4v) is 6.67. The van der Waals surface area contributed by atoms with Crippen LogP contribution in [0.5, 0.6) is 17.2 Å². The van der Waals surface area contributed by atoms with Crippen LogP contribution in [0.25, 0.3) is 60.7 Å². The summed E-state index contributed by atoms with van der Waals surface area (Å²) in [4.78, 5) is 0. The first-order chi connectivity index (χ1) is 19.6. The lowest BCUT2D eigenvalue weighted by Crippen LogP contribution is -2.07. The second-order valence-electron chi connectivity index (χ2n) is 10.4. The number of fused-ring (bicyclic) bond motifs is 6. The normalized spacial score (nSPS) is 14.8. The van der Waals surface area contributed by atoms with Crippen LogP contribution in [0.2, 0.25) is 0 Å². The molecule has 0 radical (unpaired) electrons. The topological polar surface area (TPSA) is 73.8 Å². The molecular weight excluding hydrogens is 496 g/mol. The van der Waals surface area contributed by atoms with Crippen molar-refractivity contribution in [3.05, 3.63) is 120 Å². The second-order valence-corrected chi connectivity index (χ2v) is 10.4. The Morgan fingerprint density at radius 1 is 0.575 bits per heavy atom. The average molecular weight is 521 g/mol. The molecule has 1 aliphatic carbocycles. The summed E-state index contributed by atoms with van der Waals surface area (Å²) in [6.45, 7) is 0. The smallest absolute Gasteiger partial charge is 0.202 e. The Hall–Kier alpha value is -5.22. The van der Waals surface area contributed by atoms with Crippen LogP contribution >= 0.6 is 0 Å². The number of rotatable bonds is 2. The zero-order chi connectivity index (χ0) is 27.0. The van der Waals surface area contributed by atoms with Crippen molar-refractivity contribution in [2.75, 3.05) is 0 Å². The van der Waals surface area contributed by atoms with Crippen molar-refractivity contribution >= 4 is 49.6 Å². The number of aromatic hydroxyl groups is 3. The zero-order valence-electron chi connectivity index (χ0n) is 21.4. The van der Waals surface area contributed by atoms with Gasteiger partial charge in [-0.2, -0.15) is 0 Å². The van der Waals surface area contributed by atoms with Crippen molar-refractivity contribution in [3.8, 4) is 28.4 Å². The summed E-state index contributed by atoms with van der Waals surface area (Å²) >= 11 is 0. The number of phenols is 3. The van der Waals surface area contributed by atoms with Crippen LogP contribution < -0.4 is 0 Å². The highest BCUT2D eigenvalue weighted by atomic mass is 16.4. The molecule has 0 fully saturated rings. The fraction of sp³-hybridized carbons (Fsp3) is 0.0556. The fourth-order valence-electron chi connectivity index (χ4n) is 6.67. The van der Waals surface area contributed by atoms with Crippen LogP contribution in [0.4, 0.5) is 0 Å². The molecule has 0 bridgehead atoms. The van der Waals surface area contributed by atoms with E-state index in [1.807, 2.05) is 54.6 Å². The molecule has 40 heavy (non-hydrogen) atoms. The van der Waals surface area contributed by atoms with Gasteiger partial charge in [0.1, 0.15) is 11.3 Å². The zero-order valence-corrected chi connectivity index (χ0v) is 21.4. The SMILES string of the molecule is Oc1c(-c2c3ccccc3c(C3CC=Cc4ccccc43)c3ccccc23)c(O)c2c(oc3ccccc32)c1O. The number of para-hydroxylation sites is 1. The van der Waals surface area contributed by atoms with E-state index in [0.29, 0.717) is 21.9 Å². The maximum absolute atomic E-state index is 11.8. The second kappa shape index (κ2) is 8.39. The quantitative estimate of drug-likeness (QED) is 0.121. The minimum Gasteiger partial charge on any atom is -0.506 e. The largest absolute Gasteiger partial charge is 0.506 e. The molecule has 6 aromatic carbocycles. The average Bonchev–Trinajstić information content (AvgIpc) is 3.40. The van der Waals surface area contributed by atoms with E-state index in [-0.39, 0.29) is 28.6 Å². The Balaban J connectivity index is 1.54. The third-order valence-corrected chi connectivity index (χ3v) is 8.36. The molecule has 0 aliphatic heterocycles. The Bertz CT molecular complexity index is 2130. The maximum Gasteiger partial charge on any atom is 0.202 e. The molecule has 3 N–H and O–H groups in total. The monoisotopic (exact) mass is 520 g/mol. The van der Waals surface area contributed by atoms with E-state index in [1.54, 1.807) is 6.07 Å². The van der Waals surface area contributed by atoms with E-state index in [2.05, 4.69) is 48.6 Å². The minimum absolute atomic E-state index is 0.0655. The van der Waals surface area contributed by atoms with Crippen molar-refractivity contribution in [3.63, 3.8) is 0 Å². The highest BCUT2D eigenvalue weighted by Gasteiger charge is 2.30. The van der Waals surface area contributed by atoms with Crippen molar-refractivity contribution < 1.29 is 19.7 Å². The summed E-state index contributed by atoms with van der Waals surface area (Å²) in [5.74, 6) is -0.772. The number of hydrogen-bond donors (Lipinski definition) is 3. The molecule has 0 saturated carbocycles. The van der Waals surface area contributed by atoms with E-state index in [0.717, 1.165) is 28.0 Å². The van der Waals surface area contributed by atoms with Crippen LogP contribution in [0.3, 0.4) is 0 Å². The Morgan fingerprint density at radius 2 is 1.18 bits per heavy atom. The van der Waals surface area contributed by atoms with Gasteiger partial charge in [-0.1, -0.05) is 103 Å². The lowest BCUT2D eigenvalue weighted by Gasteiger charge is -2.27. The number of benzene rings is 6. The van der Waals surface area contributed by atoms with Gasteiger partial charge < -0.3 is 19.7 Å². The molecular formula is C36H24O4. The molecule has 0 spiro atoms. The third-order valence-electron chi connectivity index (χ3n) is 8.36. The van der Waals surface area contributed by atoms with Gasteiger partial charge in [-0.3, -0.25) is 0 Å². The van der Waals surface area contributed by atoms with Crippen LogP contribution in [-0.4, -0.2) is 15.3 Å². The summed E-state index contributed by atoms with van der Waals surface area (Å²) in [6, 6.07) is 32.1. The van der Waals surface area contributed by atoms with Crippen LogP contribution in [0.1, 0.15) is 29.0 Å². The number of phenolic OH excluding ortho intramolecular Hbond substituents is 3. The predicted octanol–water partition coefficient (Wildman–Crippen LogP) is 9.22. The van der Waals surface area contributed by atoms with E-state index in [1.165, 1.54) is 16.7 Å². The lowest BCUT2D eigenvalue weighted by atomic mass is 9.77. The Kier molecular flexibility index (Phi) is 4.77. The lowest BCUT2D eigenvalue weighted by molar-refractivity contribution is 0.398. The minimum atomic E-state index is -0.405. The molecule has 1 aromatic heterocycles. The van der Waals surface area contributed by atoms with E-state index in [4.69, 9.17) is 4.42 Å². The first-order valence-electron chi connectivity index (χ1n) is 13.4. The number of allylic oxidation sites excluding steroid dienone is 1. The van der Waals surface area contributed by atoms with Crippen LogP contribution in [0.15, 0.2) is 108 Å². The molecule has 1 unspecified atom stereocenters. The highest BCUT2D eigenvalue weighted by Crippen LogP contribution is 2.56. The summed E-state index contributed by atoms with van der Waals surface area (Å²) < 4.78 is 5.87. The Morgan fingerprint density at radius 3 is 1.90 bits per heavy atom. The summed E-state index contributed by atoms with van der Waals surface area (Å²) in [5, 5.41) is 39.4. The van der Waals surface area contributed by atoms with Crippen molar-refractivity contribution in [1.82, 2.24) is 0 Å². The maximum atomic E-state index is 11.8. The van der Waals surface area contributed by atoms with Gasteiger partial charge in [-0.15, -0.1) is 0 Å². The molecule has 4 nitrogen and oxygen atoms in total. The standard InChI is InChI=1S/C36H24O4/c37-33-31-27-17-7-8-19-28(27)40-36(31)35(39)34(38)32(33)30-25-15-5-3-13-23(25)29(24-14-4-6-16-26(24)30)22-18-9-11-20-10-1-2-12-21(20)22/h1-17,19,22,37-39H,18H2. The first-order valence-corrected chi connectivity index (χ1v) is 13.4. The van der Waals surface area contributed by atoms with Gasteiger partial charge in [0.15, 0.2) is 11.3 Å². The first kappa shape index (κ1) is 22.7. The molecule has 0 saturated heterocycles. The highest BCUT2D eigenvalue weighted by molar-refractivity contribution is 6.21. The van der Waals surface area contributed by atoms with Gasteiger partial charge in [-0.05, 0) is 50.7 Å². The van der Waals surface area contributed by atoms with Crippen molar-refractivity contribution in [1.29, 1.82) is 0 Å². The van der Waals surface area contributed by atoms with Gasteiger partial charge >= 0.3 is 0 Å². The molecule has 7 aromatic rings. The van der Waals surface area contributed by atoms with Crippen molar-refractivity contribution in [2.45, 2.75) is 12.3 Å². The van der Waals surface area contributed by atoms with Gasteiger partial charge in [0.25, 0.3) is 0 Å².